The van der Waals surface area contributed by atoms with Gasteiger partial charge in [-0.3, -0.25) is 19.8 Å². The number of carbonyl (C=O) groups excluding carboxylic acids is 3. The maximum absolute atomic E-state index is 12.7. The molecule has 29 heavy (non-hydrogen) atoms. The van der Waals surface area contributed by atoms with Gasteiger partial charge in [0.05, 0.1) is 11.7 Å². The van der Waals surface area contributed by atoms with Gasteiger partial charge in [0.25, 0.3) is 11.8 Å². The molecule has 1 N–H and O–H groups in total. The molecule has 0 atom stereocenters. The van der Waals surface area contributed by atoms with Crippen molar-refractivity contribution in [1.82, 2.24) is 14.8 Å². The number of carboxylic acids is 1. The summed E-state index contributed by atoms with van der Waals surface area (Å²) in [4.78, 5) is 37.8. The quantitative estimate of drug-likeness (QED) is 0.348. The van der Waals surface area contributed by atoms with Crippen LogP contribution >= 0.6 is 12.2 Å². The number of para-hydroxylation sites is 1. The minimum Gasteiger partial charge on any atom is -0.545 e. The average molecular weight is 408 g/mol. The van der Waals surface area contributed by atoms with Crippen molar-refractivity contribution in [3.8, 4) is 5.69 Å². The van der Waals surface area contributed by atoms with Crippen molar-refractivity contribution in [3.63, 3.8) is 0 Å². The molecule has 7 nitrogen and oxygen atoms in total. The van der Waals surface area contributed by atoms with Crippen molar-refractivity contribution in [1.29, 1.82) is 0 Å². The zero-order valence-corrected chi connectivity index (χ0v) is 16.7. The first-order chi connectivity index (χ1) is 13.8. The molecule has 1 saturated heterocycles. The van der Waals surface area contributed by atoms with Crippen molar-refractivity contribution in [2.45, 2.75) is 13.8 Å². The summed E-state index contributed by atoms with van der Waals surface area (Å²) >= 11 is 5.05. The van der Waals surface area contributed by atoms with Crippen molar-refractivity contribution in [2.24, 2.45) is 0 Å². The number of carbonyl (C=O) groups is 3. The molecule has 2 aromatic rings. The zero-order valence-electron chi connectivity index (χ0n) is 15.9. The maximum Gasteiger partial charge on any atom is 0.265 e. The molecular formula is C21H18N3O4S-. The lowest BCUT2D eigenvalue weighted by molar-refractivity contribution is -0.255. The van der Waals surface area contributed by atoms with Crippen LogP contribution in [0, 0.1) is 13.8 Å². The second-order valence-corrected chi connectivity index (χ2v) is 6.87. The third kappa shape index (κ3) is 3.62. The Labute approximate surface area is 172 Å². The largest absolute Gasteiger partial charge is 0.545 e. The van der Waals surface area contributed by atoms with Gasteiger partial charge in [0, 0.05) is 23.5 Å². The van der Waals surface area contributed by atoms with Crippen molar-refractivity contribution >= 4 is 41.2 Å². The van der Waals surface area contributed by atoms with Crippen LogP contribution in [0.5, 0.6) is 0 Å². The molecule has 0 saturated carbocycles. The Hall–Kier alpha value is -3.52. The average Bonchev–Trinajstić information content (AvgIpc) is 2.95. The molecule has 0 unspecified atom stereocenters. The van der Waals surface area contributed by atoms with E-state index in [9.17, 15) is 19.5 Å². The second-order valence-electron chi connectivity index (χ2n) is 6.49. The third-order valence-electron chi connectivity index (χ3n) is 4.63. The van der Waals surface area contributed by atoms with E-state index in [1.165, 1.54) is 23.1 Å². The fourth-order valence-corrected chi connectivity index (χ4v) is 3.54. The van der Waals surface area contributed by atoms with Gasteiger partial charge in [-0.05, 0) is 49.8 Å². The van der Waals surface area contributed by atoms with Gasteiger partial charge in [-0.25, -0.2) is 0 Å². The van der Waals surface area contributed by atoms with Gasteiger partial charge in [0.15, 0.2) is 5.11 Å². The monoisotopic (exact) mass is 408 g/mol. The van der Waals surface area contributed by atoms with Crippen LogP contribution in [0.4, 0.5) is 0 Å². The van der Waals surface area contributed by atoms with E-state index in [-0.39, 0.29) is 22.8 Å². The van der Waals surface area contributed by atoms with Crippen LogP contribution in [0.1, 0.15) is 27.3 Å². The highest BCUT2D eigenvalue weighted by Gasteiger charge is 2.33. The van der Waals surface area contributed by atoms with Crippen LogP contribution in [0.25, 0.3) is 11.8 Å². The second kappa shape index (κ2) is 7.84. The summed E-state index contributed by atoms with van der Waals surface area (Å²) in [5, 5.41) is 14.0. The van der Waals surface area contributed by atoms with E-state index >= 15 is 0 Å². The van der Waals surface area contributed by atoms with Crippen molar-refractivity contribution in [3.05, 3.63) is 71.1 Å². The standard InChI is InChI=1S/C21H19N3O4S/c1-4-9-23-19(26)16(18(25)22-21(23)29)11-14-10-12(2)24(13(14)3)17-8-6-5-7-15(17)20(27)28/h4-8,10-11H,1,9H2,2-3H3,(H,27,28)(H,22,25,29)/p-1/b16-11+. The molecule has 1 aliphatic rings. The summed E-state index contributed by atoms with van der Waals surface area (Å²) in [7, 11) is 0. The Morgan fingerprint density at radius 2 is 1.97 bits per heavy atom. The Morgan fingerprint density at radius 1 is 1.28 bits per heavy atom. The first kappa shape index (κ1) is 20.2. The molecule has 0 spiro atoms. The van der Waals surface area contributed by atoms with Crippen LogP contribution in [0.15, 0.2) is 48.6 Å². The predicted octanol–water partition coefficient (Wildman–Crippen LogP) is 1.27. The lowest BCUT2D eigenvalue weighted by Gasteiger charge is -2.27. The van der Waals surface area contributed by atoms with Crippen LogP contribution in [0.3, 0.4) is 0 Å². The summed E-state index contributed by atoms with van der Waals surface area (Å²) in [6.07, 6.45) is 3.00. The van der Waals surface area contributed by atoms with E-state index in [1.807, 2.05) is 6.92 Å². The highest BCUT2D eigenvalue weighted by Crippen LogP contribution is 2.26. The molecule has 0 bridgehead atoms. The minimum atomic E-state index is -1.29. The van der Waals surface area contributed by atoms with Crippen LogP contribution < -0.4 is 10.4 Å². The fourth-order valence-electron chi connectivity index (χ4n) is 3.29. The molecule has 0 radical (unpaired) electrons. The summed E-state index contributed by atoms with van der Waals surface area (Å²) in [5.41, 5.74) is 2.45. The van der Waals surface area contributed by atoms with Gasteiger partial charge in [-0.2, -0.15) is 0 Å². The van der Waals surface area contributed by atoms with E-state index in [2.05, 4.69) is 11.9 Å². The van der Waals surface area contributed by atoms with E-state index in [4.69, 9.17) is 12.2 Å². The van der Waals surface area contributed by atoms with E-state index in [0.717, 1.165) is 5.69 Å². The van der Waals surface area contributed by atoms with Gasteiger partial charge in [-0.15, -0.1) is 6.58 Å². The van der Waals surface area contributed by atoms with Crippen LogP contribution in [-0.4, -0.2) is 38.9 Å². The number of hydrogen-bond acceptors (Lipinski definition) is 5. The van der Waals surface area contributed by atoms with Crippen molar-refractivity contribution in [2.75, 3.05) is 6.54 Å². The van der Waals surface area contributed by atoms with Gasteiger partial charge < -0.3 is 14.5 Å². The summed E-state index contributed by atoms with van der Waals surface area (Å²) < 4.78 is 1.74. The highest BCUT2D eigenvalue weighted by atomic mass is 32.1. The first-order valence-electron chi connectivity index (χ1n) is 8.75. The normalized spacial score (nSPS) is 15.6. The Balaban J connectivity index is 2.11. The number of nitrogens with zero attached hydrogens (tertiary/aromatic N) is 2. The van der Waals surface area contributed by atoms with E-state index in [1.54, 1.807) is 35.8 Å². The fraction of sp³-hybridized carbons (Fsp3) is 0.143. The number of carboxylic acid groups (broad SMARTS) is 1. The first-order valence-corrected chi connectivity index (χ1v) is 9.16. The molecule has 1 aromatic carbocycles. The smallest absolute Gasteiger partial charge is 0.265 e. The van der Waals surface area contributed by atoms with Crippen molar-refractivity contribution < 1.29 is 19.5 Å². The lowest BCUT2D eigenvalue weighted by atomic mass is 10.1. The lowest BCUT2D eigenvalue weighted by Crippen LogP contribution is -2.53. The molecule has 2 amide bonds. The van der Waals surface area contributed by atoms with Gasteiger partial charge in [0.2, 0.25) is 0 Å². The number of benzene rings is 1. The molecule has 148 valence electrons. The molecule has 1 aliphatic heterocycles. The maximum atomic E-state index is 12.7. The summed E-state index contributed by atoms with van der Waals surface area (Å²) in [6, 6.07) is 8.26. The molecule has 1 aromatic heterocycles. The molecule has 3 rings (SSSR count). The predicted molar refractivity (Wildman–Crippen MR) is 110 cm³/mol. The number of thiocarbonyl (C=S) groups is 1. The molecule has 1 fully saturated rings. The van der Waals surface area contributed by atoms with Crippen LogP contribution in [-0.2, 0) is 9.59 Å². The number of aromatic carboxylic acids is 1. The Morgan fingerprint density at radius 3 is 2.62 bits per heavy atom. The van der Waals surface area contributed by atoms with E-state index < -0.39 is 17.8 Å². The Kier molecular flexibility index (Phi) is 5.47. The van der Waals surface area contributed by atoms with E-state index in [0.29, 0.717) is 16.9 Å². The number of rotatable bonds is 5. The molecular weight excluding hydrogens is 390 g/mol. The Bertz CT molecular complexity index is 1100. The SMILES string of the molecule is C=CCN1C(=O)/C(=C/c2cc(C)n(-c3ccccc3C(=O)[O-])c2C)C(=O)NC1=S. The molecule has 0 aliphatic carbocycles. The summed E-state index contributed by atoms with van der Waals surface area (Å²) in [5.74, 6) is -2.39. The third-order valence-corrected chi connectivity index (χ3v) is 4.95. The zero-order chi connectivity index (χ0) is 21.3. The van der Waals surface area contributed by atoms with Gasteiger partial charge in [-0.1, -0.05) is 24.3 Å². The number of amides is 2. The molecule has 2 heterocycles. The number of hydrogen-bond donors (Lipinski definition) is 1. The van der Waals surface area contributed by atoms with Gasteiger partial charge >= 0.3 is 0 Å². The van der Waals surface area contributed by atoms with Gasteiger partial charge in [0.1, 0.15) is 5.57 Å². The molecule has 8 heteroatoms. The summed E-state index contributed by atoms with van der Waals surface area (Å²) in [6.45, 7) is 7.36. The number of aromatic nitrogens is 1. The minimum absolute atomic E-state index is 0.0328. The van der Waals surface area contributed by atoms with Crippen LogP contribution in [0.2, 0.25) is 0 Å². The number of aryl methyl sites for hydroxylation is 1. The number of nitrogens with one attached hydrogen (secondary N) is 1. The topological polar surface area (TPSA) is 94.5 Å². The highest BCUT2D eigenvalue weighted by molar-refractivity contribution is 7.80.